The molecule has 3 N–H and O–H groups in total. The number of carbonyl (C=O) groups is 1. The Morgan fingerprint density at radius 3 is 2.73 bits per heavy atom. The Balaban J connectivity index is 3.79. The molecule has 3 nitrogen and oxygen atoms in total. The first-order valence-corrected chi connectivity index (χ1v) is 3.42. The van der Waals surface area contributed by atoms with Gasteiger partial charge in [-0.25, -0.2) is 0 Å². The van der Waals surface area contributed by atoms with Gasteiger partial charge >= 0.3 is 5.97 Å². The molecule has 0 aromatic carbocycles. The Morgan fingerprint density at radius 1 is 1.82 bits per heavy atom. The number of rotatable bonds is 4. The second-order valence-electron chi connectivity index (χ2n) is 2.40. The highest BCUT2D eigenvalue weighted by atomic mass is 16.4. The van der Waals surface area contributed by atoms with Gasteiger partial charge in [0.1, 0.15) is 0 Å². The molecule has 1 atom stereocenters. The van der Waals surface area contributed by atoms with Crippen molar-refractivity contribution in [2.24, 2.45) is 5.73 Å². The third kappa shape index (κ3) is 4.37. The van der Waals surface area contributed by atoms with Crippen LogP contribution in [0.3, 0.4) is 0 Å². The third-order valence-electron chi connectivity index (χ3n) is 1.50. The first-order chi connectivity index (χ1) is 5.07. The minimum absolute atomic E-state index is 0.0974. The smallest absolute Gasteiger partial charge is 0.303 e. The highest BCUT2D eigenvalue weighted by molar-refractivity contribution is 5.66. The van der Waals surface area contributed by atoms with E-state index in [1.165, 1.54) is 0 Å². The SMILES string of the molecule is C=C=C(C)C(N)CCC(=O)O. The van der Waals surface area contributed by atoms with Gasteiger partial charge in [-0.1, -0.05) is 6.58 Å². The lowest BCUT2D eigenvalue weighted by atomic mass is 10.1. The van der Waals surface area contributed by atoms with Crippen molar-refractivity contribution in [1.82, 2.24) is 0 Å². The minimum atomic E-state index is -0.822. The summed E-state index contributed by atoms with van der Waals surface area (Å²) in [7, 11) is 0. The Kier molecular flexibility index (Phi) is 4.27. The van der Waals surface area contributed by atoms with Crippen LogP contribution in [0.25, 0.3) is 0 Å². The molecular weight excluding hydrogens is 142 g/mol. The van der Waals surface area contributed by atoms with Crippen LogP contribution in [0.1, 0.15) is 19.8 Å². The summed E-state index contributed by atoms with van der Waals surface area (Å²) >= 11 is 0. The highest BCUT2D eigenvalue weighted by Gasteiger charge is 2.06. The number of aliphatic carboxylic acids is 1. The molecule has 0 aliphatic carbocycles. The molecule has 62 valence electrons. The second kappa shape index (κ2) is 4.72. The zero-order chi connectivity index (χ0) is 8.85. The van der Waals surface area contributed by atoms with E-state index in [4.69, 9.17) is 10.8 Å². The molecule has 0 rings (SSSR count). The normalized spacial score (nSPS) is 11.8. The fourth-order valence-corrected chi connectivity index (χ4v) is 0.627. The van der Waals surface area contributed by atoms with Gasteiger partial charge in [-0.05, 0) is 18.9 Å². The third-order valence-corrected chi connectivity index (χ3v) is 1.50. The zero-order valence-electron chi connectivity index (χ0n) is 6.63. The molecule has 0 fully saturated rings. The lowest BCUT2D eigenvalue weighted by molar-refractivity contribution is -0.137. The number of hydrogen-bond acceptors (Lipinski definition) is 2. The van der Waals surface area contributed by atoms with Gasteiger partial charge in [-0.3, -0.25) is 4.79 Å². The van der Waals surface area contributed by atoms with Gasteiger partial charge in [-0.15, -0.1) is 5.73 Å². The first kappa shape index (κ1) is 9.95. The Morgan fingerprint density at radius 2 is 2.36 bits per heavy atom. The van der Waals surface area contributed by atoms with Crippen molar-refractivity contribution in [3.8, 4) is 0 Å². The quantitative estimate of drug-likeness (QED) is 0.593. The van der Waals surface area contributed by atoms with E-state index in [0.717, 1.165) is 5.57 Å². The average molecular weight is 155 g/mol. The van der Waals surface area contributed by atoms with E-state index in [0.29, 0.717) is 6.42 Å². The fraction of sp³-hybridized carbons (Fsp3) is 0.500. The molecule has 11 heavy (non-hydrogen) atoms. The van der Waals surface area contributed by atoms with E-state index in [1.807, 2.05) is 0 Å². The molecule has 1 unspecified atom stereocenters. The van der Waals surface area contributed by atoms with Crippen LogP contribution in [0.4, 0.5) is 0 Å². The topological polar surface area (TPSA) is 63.3 Å². The molecular formula is C8H13NO2. The number of carboxylic acid groups (broad SMARTS) is 1. The van der Waals surface area contributed by atoms with Crippen LogP contribution in [0.15, 0.2) is 17.9 Å². The largest absolute Gasteiger partial charge is 0.481 e. The van der Waals surface area contributed by atoms with Gasteiger partial charge < -0.3 is 10.8 Å². The molecule has 0 spiro atoms. The molecule has 0 radical (unpaired) electrons. The molecule has 3 heteroatoms. The maximum Gasteiger partial charge on any atom is 0.303 e. The van der Waals surface area contributed by atoms with E-state index in [2.05, 4.69) is 12.3 Å². The van der Waals surface area contributed by atoms with Crippen molar-refractivity contribution in [3.05, 3.63) is 17.9 Å². The minimum Gasteiger partial charge on any atom is -0.481 e. The van der Waals surface area contributed by atoms with Crippen LogP contribution in [0, 0.1) is 0 Å². The van der Waals surface area contributed by atoms with E-state index in [-0.39, 0.29) is 12.5 Å². The Bertz CT molecular complexity index is 192. The summed E-state index contributed by atoms with van der Waals surface area (Å²) in [6.07, 6.45) is 0.546. The van der Waals surface area contributed by atoms with Crippen LogP contribution < -0.4 is 5.73 Å². The van der Waals surface area contributed by atoms with E-state index in [1.54, 1.807) is 6.92 Å². The summed E-state index contributed by atoms with van der Waals surface area (Å²) < 4.78 is 0. The van der Waals surface area contributed by atoms with Gasteiger partial charge in [0.15, 0.2) is 0 Å². The Labute approximate surface area is 66.2 Å². The summed E-state index contributed by atoms with van der Waals surface area (Å²) in [5.74, 6) is -0.822. The van der Waals surface area contributed by atoms with Crippen LogP contribution >= 0.6 is 0 Å². The van der Waals surface area contributed by atoms with Gasteiger partial charge in [0.25, 0.3) is 0 Å². The van der Waals surface area contributed by atoms with Crippen molar-refractivity contribution in [2.75, 3.05) is 0 Å². The van der Waals surface area contributed by atoms with Crippen molar-refractivity contribution < 1.29 is 9.90 Å². The highest BCUT2D eigenvalue weighted by Crippen LogP contribution is 2.03. The van der Waals surface area contributed by atoms with Gasteiger partial charge in [0, 0.05) is 12.5 Å². The molecule has 0 aromatic heterocycles. The molecule has 0 aliphatic rings. The monoisotopic (exact) mass is 155 g/mol. The number of nitrogens with two attached hydrogens (primary N) is 1. The van der Waals surface area contributed by atoms with Crippen molar-refractivity contribution in [1.29, 1.82) is 0 Å². The first-order valence-electron chi connectivity index (χ1n) is 3.42. The summed E-state index contributed by atoms with van der Waals surface area (Å²) in [6, 6.07) is -0.219. The lowest BCUT2D eigenvalue weighted by Crippen LogP contribution is -2.21. The molecule has 0 aliphatic heterocycles. The zero-order valence-corrected chi connectivity index (χ0v) is 6.63. The molecule has 0 heterocycles. The standard InChI is InChI=1S/C8H13NO2/c1-3-6(2)7(9)4-5-8(10)11/h7H,1,4-5,9H2,2H3,(H,10,11). The van der Waals surface area contributed by atoms with Crippen LogP contribution in [0.2, 0.25) is 0 Å². The van der Waals surface area contributed by atoms with Crippen molar-refractivity contribution >= 4 is 5.97 Å². The van der Waals surface area contributed by atoms with Crippen molar-refractivity contribution in [2.45, 2.75) is 25.8 Å². The molecule has 0 saturated carbocycles. The summed E-state index contributed by atoms with van der Waals surface area (Å²) in [6.45, 7) is 5.21. The maximum atomic E-state index is 10.1. The fourth-order valence-electron chi connectivity index (χ4n) is 0.627. The average Bonchev–Trinajstić information content (AvgIpc) is 1.98. The van der Waals surface area contributed by atoms with Crippen LogP contribution in [-0.2, 0) is 4.79 Å². The number of carboxylic acids is 1. The van der Waals surface area contributed by atoms with Crippen molar-refractivity contribution in [3.63, 3.8) is 0 Å². The van der Waals surface area contributed by atoms with Crippen LogP contribution in [-0.4, -0.2) is 17.1 Å². The second-order valence-corrected chi connectivity index (χ2v) is 2.40. The van der Waals surface area contributed by atoms with Gasteiger partial charge in [0.05, 0.1) is 0 Å². The summed E-state index contributed by atoms with van der Waals surface area (Å²) in [4.78, 5) is 10.1. The van der Waals surface area contributed by atoms with E-state index < -0.39 is 5.97 Å². The molecule has 0 bridgehead atoms. The van der Waals surface area contributed by atoms with E-state index in [9.17, 15) is 4.79 Å². The predicted molar refractivity (Wildman–Crippen MR) is 43.2 cm³/mol. The number of hydrogen-bond donors (Lipinski definition) is 2. The molecule has 0 saturated heterocycles. The van der Waals surface area contributed by atoms with Gasteiger partial charge in [0.2, 0.25) is 0 Å². The Hall–Kier alpha value is -1.05. The maximum absolute atomic E-state index is 10.1. The predicted octanol–water partition coefficient (Wildman–Crippen LogP) is 0.910. The lowest BCUT2D eigenvalue weighted by Gasteiger charge is -2.07. The molecule has 0 aromatic rings. The summed E-state index contributed by atoms with van der Waals surface area (Å²) in [5.41, 5.74) is 9.02. The van der Waals surface area contributed by atoms with Crippen LogP contribution in [0.5, 0.6) is 0 Å². The molecule has 0 amide bonds. The van der Waals surface area contributed by atoms with E-state index >= 15 is 0 Å². The summed E-state index contributed by atoms with van der Waals surface area (Å²) in [5, 5.41) is 8.32. The van der Waals surface area contributed by atoms with Gasteiger partial charge in [-0.2, -0.15) is 0 Å².